The third-order valence-corrected chi connectivity index (χ3v) is 2.38. The van der Waals surface area contributed by atoms with Crippen molar-refractivity contribution in [1.29, 1.82) is 10.8 Å². The van der Waals surface area contributed by atoms with Gasteiger partial charge in [-0.05, 0) is 14.1 Å². The van der Waals surface area contributed by atoms with Crippen molar-refractivity contribution in [3.63, 3.8) is 0 Å². The summed E-state index contributed by atoms with van der Waals surface area (Å²) >= 11 is 0. The summed E-state index contributed by atoms with van der Waals surface area (Å²) in [5.74, 6) is 0.516. The molecule has 6 nitrogen and oxygen atoms in total. The van der Waals surface area contributed by atoms with Crippen molar-refractivity contribution >= 4 is 11.7 Å². The Morgan fingerprint density at radius 2 is 1.19 bits per heavy atom. The van der Waals surface area contributed by atoms with E-state index in [9.17, 15) is 0 Å². The van der Waals surface area contributed by atoms with E-state index in [1.165, 1.54) is 0 Å². The minimum Gasteiger partial charge on any atom is -0.356 e. The van der Waals surface area contributed by atoms with Gasteiger partial charge in [0.05, 0.1) is 0 Å². The van der Waals surface area contributed by atoms with E-state index >= 15 is 0 Å². The number of nitrogens with one attached hydrogen (secondary N) is 4. The van der Waals surface area contributed by atoms with Crippen molar-refractivity contribution < 1.29 is 0 Å². The highest BCUT2D eigenvalue weighted by Crippen LogP contribution is 1.92. The topological polar surface area (TPSA) is 78.2 Å². The minimum atomic E-state index is 0.258. The molecule has 0 aliphatic carbocycles. The van der Waals surface area contributed by atoms with Crippen molar-refractivity contribution in [2.45, 2.75) is 0 Å². The van der Waals surface area contributed by atoms with E-state index in [0.29, 0.717) is 0 Å². The van der Waals surface area contributed by atoms with E-state index in [2.05, 4.69) is 10.6 Å². The zero-order valence-corrected chi connectivity index (χ0v) is 10.7. The second kappa shape index (κ2) is 8.06. The van der Waals surface area contributed by atoms with Gasteiger partial charge < -0.3 is 20.4 Å². The Balaban J connectivity index is 4.10. The van der Waals surface area contributed by atoms with Crippen LogP contribution in [-0.4, -0.2) is 75.8 Å². The van der Waals surface area contributed by atoms with E-state index in [1.54, 1.807) is 9.80 Å². The lowest BCUT2D eigenvalue weighted by Crippen LogP contribution is -2.44. The standard InChI is InChI=1S/C10H24N6/c1-13-5-7-15(3)9(11)10(12)16(4)8-6-14-2/h11-14H,5-8H2,1-4H3. The molecular formula is C10H24N6. The zero-order valence-electron chi connectivity index (χ0n) is 10.7. The quantitative estimate of drug-likeness (QED) is 0.356. The first-order chi connectivity index (χ1) is 7.54. The van der Waals surface area contributed by atoms with Crippen LogP contribution in [0.1, 0.15) is 0 Å². The maximum absolute atomic E-state index is 7.86. The van der Waals surface area contributed by atoms with Gasteiger partial charge in [0.25, 0.3) is 0 Å². The summed E-state index contributed by atoms with van der Waals surface area (Å²) in [4.78, 5) is 3.55. The fourth-order valence-corrected chi connectivity index (χ4v) is 1.14. The average Bonchev–Trinajstić information content (AvgIpc) is 2.30. The Hall–Kier alpha value is -1.14. The van der Waals surface area contributed by atoms with Crippen LogP contribution in [0.4, 0.5) is 0 Å². The molecule has 0 rings (SSSR count). The molecule has 0 atom stereocenters. The summed E-state index contributed by atoms with van der Waals surface area (Å²) in [5, 5.41) is 21.8. The van der Waals surface area contributed by atoms with E-state index < -0.39 is 0 Å². The van der Waals surface area contributed by atoms with Crippen LogP contribution in [0.15, 0.2) is 0 Å². The van der Waals surface area contributed by atoms with Gasteiger partial charge >= 0.3 is 0 Å². The molecule has 0 aromatic rings. The average molecular weight is 228 g/mol. The van der Waals surface area contributed by atoms with Crippen LogP contribution in [0.3, 0.4) is 0 Å². The van der Waals surface area contributed by atoms with Crippen LogP contribution in [0.25, 0.3) is 0 Å². The van der Waals surface area contributed by atoms with Gasteiger partial charge in [-0.25, -0.2) is 0 Å². The van der Waals surface area contributed by atoms with Gasteiger partial charge in [-0.2, -0.15) is 0 Å². The van der Waals surface area contributed by atoms with E-state index in [0.717, 1.165) is 26.2 Å². The Morgan fingerprint density at radius 3 is 1.44 bits per heavy atom. The van der Waals surface area contributed by atoms with Gasteiger partial charge in [0.1, 0.15) is 0 Å². The van der Waals surface area contributed by atoms with Crippen molar-refractivity contribution in [3.05, 3.63) is 0 Å². The molecule has 0 radical (unpaired) electrons. The van der Waals surface area contributed by atoms with Crippen LogP contribution in [0.5, 0.6) is 0 Å². The summed E-state index contributed by atoms with van der Waals surface area (Å²) in [6.07, 6.45) is 0. The molecule has 0 unspecified atom stereocenters. The molecule has 0 bridgehead atoms. The maximum Gasteiger partial charge on any atom is 0.163 e. The molecule has 0 aliphatic rings. The van der Waals surface area contributed by atoms with Crippen molar-refractivity contribution in [2.75, 3.05) is 54.4 Å². The molecule has 0 aliphatic heterocycles. The summed E-state index contributed by atoms with van der Waals surface area (Å²) in [6, 6.07) is 0. The van der Waals surface area contributed by atoms with Crippen LogP contribution in [0.2, 0.25) is 0 Å². The second-order valence-electron chi connectivity index (χ2n) is 3.75. The number of hydrogen-bond acceptors (Lipinski definition) is 4. The fraction of sp³-hybridized carbons (Fsp3) is 0.800. The molecule has 16 heavy (non-hydrogen) atoms. The lowest BCUT2D eigenvalue weighted by Gasteiger charge is -2.26. The Bertz CT molecular complexity index is 203. The molecule has 0 saturated heterocycles. The lowest BCUT2D eigenvalue weighted by atomic mass is 10.4. The van der Waals surface area contributed by atoms with Crippen molar-refractivity contribution in [2.24, 2.45) is 0 Å². The van der Waals surface area contributed by atoms with Crippen LogP contribution in [0, 0.1) is 10.8 Å². The predicted octanol–water partition coefficient (Wildman–Crippen LogP) is -0.757. The summed E-state index contributed by atoms with van der Waals surface area (Å²) < 4.78 is 0. The SMILES string of the molecule is CNCCN(C)C(=N)C(=N)N(C)CCNC. The van der Waals surface area contributed by atoms with E-state index in [4.69, 9.17) is 10.8 Å². The molecule has 0 heterocycles. The Kier molecular flexibility index (Phi) is 7.49. The molecule has 0 spiro atoms. The van der Waals surface area contributed by atoms with Gasteiger partial charge in [0.15, 0.2) is 11.7 Å². The second-order valence-corrected chi connectivity index (χ2v) is 3.75. The monoisotopic (exact) mass is 228 g/mol. The minimum absolute atomic E-state index is 0.258. The van der Waals surface area contributed by atoms with Crippen molar-refractivity contribution in [1.82, 2.24) is 20.4 Å². The summed E-state index contributed by atoms with van der Waals surface area (Å²) in [7, 11) is 7.42. The lowest BCUT2D eigenvalue weighted by molar-refractivity contribution is 0.468. The Morgan fingerprint density at radius 1 is 0.875 bits per heavy atom. The molecule has 0 fully saturated rings. The molecule has 0 saturated carbocycles. The number of rotatable bonds is 6. The fourth-order valence-electron chi connectivity index (χ4n) is 1.14. The van der Waals surface area contributed by atoms with Crippen LogP contribution >= 0.6 is 0 Å². The Labute approximate surface area is 98.0 Å². The van der Waals surface area contributed by atoms with Gasteiger partial charge in [-0.3, -0.25) is 10.8 Å². The molecule has 4 N–H and O–H groups in total. The molecule has 0 aromatic carbocycles. The molecule has 0 aromatic heterocycles. The zero-order chi connectivity index (χ0) is 12.6. The third kappa shape index (κ3) is 5.09. The highest BCUT2D eigenvalue weighted by Gasteiger charge is 2.13. The largest absolute Gasteiger partial charge is 0.356 e. The molecule has 6 heteroatoms. The smallest absolute Gasteiger partial charge is 0.163 e. The first-order valence-corrected chi connectivity index (χ1v) is 5.43. The highest BCUT2D eigenvalue weighted by atomic mass is 15.2. The molecule has 0 amide bonds. The number of hydrogen-bond donors (Lipinski definition) is 4. The van der Waals surface area contributed by atoms with E-state index in [-0.39, 0.29) is 11.7 Å². The third-order valence-electron chi connectivity index (χ3n) is 2.38. The first-order valence-electron chi connectivity index (χ1n) is 5.43. The number of nitrogens with zero attached hydrogens (tertiary/aromatic N) is 2. The van der Waals surface area contributed by atoms with Crippen LogP contribution in [-0.2, 0) is 0 Å². The van der Waals surface area contributed by atoms with Gasteiger partial charge in [0.2, 0.25) is 0 Å². The highest BCUT2D eigenvalue weighted by molar-refractivity contribution is 6.37. The maximum atomic E-state index is 7.86. The number of likely N-dealkylation sites (N-methyl/N-ethyl adjacent to an activating group) is 4. The molecule has 94 valence electrons. The van der Waals surface area contributed by atoms with Crippen molar-refractivity contribution in [3.8, 4) is 0 Å². The molecular weight excluding hydrogens is 204 g/mol. The summed E-state index contributed by atoms with van der Waals surface area (Å²) in [5.41, 5.74) is 0. The van der Waals surface area contributed by atoms with E-state index in [1.807, 2.05) is 28.2 Å². The predicted molar refractivity (Wildman–Crippen MR) is 68.6 cm³/mol. The van der Waals surface area contributed by atoms with Gasteiger partial charge in [0, 0.05) is 40.3 Å². The normalized spacial score (nSPS) is 10.0. The number of amidine groups is 2. The van der Waals surface area contributed by atoms with Gasteiger partial charge in [-0.15, -0.1) is 0 Å². The summed E-state index contributed by atoms with van der Waals surface area (Å²) in [6.45, 7) is 3.09. The first kappa shape index (κ1) is 14.9. The van der Waals surface area contributed by atoms with Gasteiger partial charge in [-0.1, -0.05) is 0 Å². The van der Waals surface area contributed by atoms with Crippen LogP contribution < -0.4 is 10.6 Å².